The first-order chi connectivity index (χ1) is 15.4. The Labute approximate surface area is 203 Å². The number of halogens is 2. The molecule has 0 radical (unpaired) electrons. The molecule has 0 N–H and O–H groups in total. The van der Waals surface area contributed by atoms with E-state index in [4.69, 9.17) is 37.4 Å². The second-order valence-corrected chi connectivity index (χ2v) is 10.2. The molecule has 1 aromatic carbocycles. The van der Waals surface area contributed by atoms with Crippen LogP contribution in [0.2, 0.25) is 5.02 Å². The highest BCUT2D eigenvalue weighted by molar-refractivity contribution is 7.13. The minimum Gasteiger partial charge on any atom is -0.493 e. The lowest BCUT2D eigenvalue weighted by Gasteiger charge is -2.22. The number of hydrogen-bond acceptors (Lipinski definition) is 6. The lowest BCUT2D eigenvalue weighted by molar-refractivity contribution is -0.142. The zero-order valence-corrected chi connectivity index (χ0v) is 20.6. The minimum atomic E-state index is -0.335. The first kappa shape index (κ1) is 24.9. The molecule has 5 nitrogen and oxygen atoms in total. The van der Waals surface area contributed by atoms with Crippen molar-refractivity contribution in [3.63, 3.8) is 0 Å². The maximum Gasteiger partial charge on any atom is 0.348 e. The highest BCUT2D eigenvalue weighted by Gasteiger charge is 2.34. The summed E-state index contributed by atoms with van der Waals surface area (Å²) in [4.78, 5) is 24.5. The Hall–Kier alpha value is -1.76. The SMILES string of the molecule is COC(=O)c1ccc(CCC[C@@H]2[C@@H](COc3cc(Cl)cc(COC(C)=O)c3)CC[C@H]2Cl)s1. The van der Waals surface area contributed by atoms with Crippen LogP contribution in [0, 0.1) is 11.8 Å². The maximum absolute atomic E-state index is 11.6. The van der Waals surface area contributed by atoms with Gasteiger partial charge in [0, 0.05) is 22.2 Å². The smallest absolute Gasteiger partial charge is 0.348 e. The van der Waals surface area contributed by atoms with E-state index in [0.29, 0.717) is 34.1 Å². The fourth-order valence-electron chi connectivity index (χ4n) is 4.13. The van der Waals surface area contributed by atoms with Crippen molar-refractivity contribution in [3.8, 4) is 5.75 Å². The average molecular weight is 499 g/mol. The van der Waals surface area contributed by atoms with E-state index >= 15 is 0 Å². The number of aryl methyl sites for hydroxylation is 1. The van der Waals surface area contributed by atoms with Crippen LogP contribution in [0.3, 0.4) is 0 Å². The molecular weight excluding hydrogens is 471 g/mol. The second-order valence-electron chi connectivity index (χ2n) is 8.05. The van der Waals surface area contributed by atoms with E-state index in [1.54, 1.807) is 12.1 Å². The molecule has 1 heterocycles. The third kappa shape index (κ3) is 7.12. The molecule has 2 aromatic rings. The highest BCUT2D eigenvalue weighted by Crippen LogP contribution is 2.39. The minimum absolute atomic E-state index is 0.149. The highest BCUT2D eigenvalue weighted by atomic mass is 35.5. The predicted octanol–water partition coefficient (Wildman–Crippen LogP) is 6.29. The number of rotatable bonds is 10. The molecule has 3 atom stereocenters. The van der Waals surface area contributed by atoms with Gasteiger partial charge in [-0.3, -0.25) is 4.79 Å². The summed E-state index contributed by atoms with van der Waals surface area (Å²) in [6.45, 7) is 2.12. The van der Waals surface area contributed by atoms with Gasteiger partial charge < -0.3 is 14.2 Å². The summed E-state index contributed by atoms with van der Waals surface area (Å²) in [5.74, 6) is 0.815. The summed E-state index contributed by atoms with van der Waals surface area (Å²) in [5.41, 5.74) is 0.795. The van der Waals surface area contributed by atoms with Crippen LogP contribution in [0.5, 0.6) is 5.75 Å². The van der Waals surface area contributed by atoms with Gasteiger partial charge in [-0.15, -0.1) is 22.9 Å². The zero-order valence-electron chi connectivity index (χ0n) is 18.3. The summed E-state index contributed by atoms with van der Waals surface area (Å²) < 4.78 is 15.9. The Morgan fingerprint density at radius 2 is 2.00 bits per heavy atom. The third-order valence-electron chi connectivity index (χ3n) is 5.73. The Balaban J connectivity index is 1.51. The van der Waals surface area contributed by atoms with Gasteiger partial charge >= 0.3 is 11.9 Å². The lowest BCUT2D eigenvalue weighted by Crippen LogP contribution is -2.21. The fourth-order valence-corrected chi connectivity index (χ4v) is 5.80. The molecule has 0 spiro atoms. The molecule has 1 aromatic heterocycles. The van der Waals surface area contributed by atoms with Crippen LogP contribution in [-0.4, -0.2) is 31.0 Å². The number of esters is 2. The van der Waals surface area contributed by atoms with Crippen molar-refractivity contribution < 1.29 is 23.8 Å². The van der Waals surface area contributed by atoms with Crippen LogP contribution in [0.4, 0.5) is 0 Å². The third-order valence-corrected chi connectivity index (χ3v) is 7.61. The standard InChI is InChI=1S/C24H28Cl2O5S/c1-15(27)30-13-16-10-18(25)12-19(11-16)31-14-17-6-8-22(26)21(17)5-3-4-20-7-9-23(32-20)24(28)29-2/h7,9-12,17,21-22H,3-6,8,13-14H2,1-2H3/t17-,21-,22-/m1/s1. The molecule has 3 rings (SSSR count). The molecule has 1 fully saturated rings. The van der Waals surface area contributed by atoms with E-state index in [2.05, 4.69) is 0 Å². The van der Waals surface area contributed by atoms with Gasteiger partial charge in [0.05, 0.1) is 13.7 Å². The largest absolute Gasteiger partial charge is 0.493 e. The molecule has 0 amide bonds. The van der Waals surface area contributed by atoms with Crippen molar-refractivity contribution in [1.82, 2.24) is 0 Å². The molecule has 1 saturated carbocycles. The van der Waals surface area contributed by atoms with E-state index in [1.807, 2.05) is 18.2 Å². The summed E-state index contributed by atoms with van der Waals surface area (Å²) in [6.07, 6.45) is 4.96. The number of methoxy groups -OCH3 is 1. The van der Waals surface area contributed by atoms with E-state index < -0.39 is 0 Å². The van der Waals surface area contributed by atoms with Crippen molar-refractivity contribution in [3.05, 3.63) is 50.7 Å². The Kier molecular flexibility index (Phi) is 9.26. The van der Waals surface area contributed by atoms with Crippen LogP contribution in [0.25, 0.3) is 0 Å². The number of ether oxygens (including phenoxy) is 3. The van der Waals surface area contributed by atoms with E-state index in [0.717, 1.165) is 37.7 Å². The molecule has 8 heteroatoms. The number of carbonyl (C=O) groups excluding carboxylic acids is 2. The summed E-state index contributed by atoms with van der Waals surface area (Å²) in [5, 5.41) is 0.696. The van der Waals surface area contributed by atoms with Gasteiger partial charge in [0.2, 0.25) is 0 Å². The Morgan fingerprint density at radius 1 is 1.19 bits per heavy atom. The molecule has 32 heavy (non-hydrogen) atoms. The molecule has 1 aliphatic rings. The Bertz CT molecular complexity index is 929. The van der Waals surface area contributed by atoms with Gasteiger partial charge in [-0.1, -0.05) is 11.6 Å². The monoisotopic (exact) mass is 498 g/mol. The van der Waals surface area contributed by atoms with Gasteiger partial charge in [0.25, 0.3) is 0 Å². The van der Waals surface area contributed by atoms with Crippen LogP contribution < -0.4 is 4.74 Å². The molecule has 0 bridgehead atoms. The van der Waals surface area contributed by atoms with Gasteiger partial charge in [0.15, 0.2) is 0 Å². The van der Waals surface area contributed by atoms with Crippen molar-refractivity contribution in [2.24, 2.45) is 11.8 Å². The van der Waals surface area contributed by atoms with Gasteiger partial charge in [-0.2, -0.15) is 0 Å². The quantitative estimate of drug-likeness (QED) is 0.284. The van der Waals surface area contributed by atoms with Crippen molar-refractivity contribution in [2.75, 3.05) is 13.7 Å². The Morgan fingerprint density at radius 3 is 2.75 bits per heavy atom. The number of alkyl halides is 1. The fraction of sp³-hybridized carbons (Fsp3) is 0.500. The van der Waals surface area contributed by atoms with Crippen molar-refractivity contribution >= 4 is 46.5 Å². The molecular formula is C24H28Cl2O5S. The van der Waals surface area contributed by atoms with Gasteiger partial charge in [-0.25, -0.2) is 4.79 Å². The van der Waals surface area contributed by atoms with Gasteiger partial charge in [0.1, 0.15) is 17.2 Å². The second kappa shape index (κ2) is 11.9. The molecule has 0 saturated heterocycles. The molecule has 1 aliphatic carbocycles. The average Bonchev–Trinajstić information content (AvgIpc) is 3.37. The van der Waals surface area contributed by atoms with E-state index in [9.17, 15) is 9.59 Å². The molecule has 174 valence electrons. The zero-order chi connectivity index (χ0) is 23.1. The number of hydrogen-bond donors (Lipinski definition) is 0. The summed E-state index contributed by atoms with van der Waals surface area (Å²) >= 11 is 14.3. The van der Waals surface area contributed by atoms with Crippen molar-refractivity contribution in [2.45, 2.75) is 51.0 Å². The molecule has 0 unspecified atom stereocenters. The van der Waals surface area contributed by atoms with Crippen molar-refractivity contribution in [1.29, 1.82) is 0 Å². The summed E-state index contributed by atoms with van der Waals surface area (Å²) in [6, 6.07) is 9.21. The first-order valence-corrected chi connectivity index (χ1v) is 12.4. The lowest BCUT2D eigenvalue weighted by atomic mass is 9.91. The van der Waals surface area contributed by atoms with E-state index in [-0.39, 0.29) is 23.9 Å². The summed E-state index contributed by atoms with van der Waals surface area (Å²) in [7, 11) is 1.40. The topological polar surface area (TPSA) is 61.8 Å². The first-order valence-electron chi connectivity index (χ1n) is 10.7. The number of thiophene rings is 1. The normalized spacial score (nSPS) is 20.2. The predicted molar refractivity (Wildman–Crippen MR) is 127 cm³/mol. The van der Waals surface area contributed by atoms with Crippen LogP contribution in [-0.2, 0) is 27.3 Å². The number of carbonyl (C=O) groups is 2. The number of benzene rings is 1. The van der Waals surface area contributed by atoms with Crippen LogP contribution in [0.1, 0.15) is 52.7 Å². The van der Waals surface area contributed by atoms with Crippen LogP contribution in [0.15, 0.2) is 30.3 Å². The maximum atomic E-state index is 11.6. The molecule has 0 aliphatic heterocycles. The van der Waals surface area contributed by atoms with Crippen LogP contribution >= 0.6 is 34.5 Å². The van der Waals surface area contributed by atoms with E-state index in [1.165, 1.54) is 30.2 Å². The van der Waals surface area contributed by atoms with Gasteiger partial charge in [-0.05, 0) is 79.8 Å².